The fourth-order valence-corrected chi connectivity index (χ4v) is 7.76. The molecular weight excluding hydrogens is 592 g/mol. The van der Waals surface area contributed by atoms with E-state index in [9.17, 15) is 9.59 Å². The maximum atomic E-state index is 13.0. The Bertz CT molecular complexity index is 796. The van der Waals surface area contributed by atoms with Crippen molar-refractivity contribution in [2.45, 2.75) is 217 Å². The third-order valence-electron chi connectivity index (χ3n) is 11.1. The van der Waals surface area contributed by atoms with Gasteiger partial charge in [-0.05, 0) is 51.4 Å². The van der Waals surface area contributed by atoms with Crippen molar-refractivity contribution in [3.8, 4) is 0 Å². The zero-order valence-corrected chi connectivity index (χ0v) is 30.3. The molecule has 4 fully saturated rings. The minimum absolute atomic E-state index is 0.0908. The van der Waals surface area contributed by atoms with Crippen molar-refractivity contribution in [1.82, 2.24) is 0 Å². The second-order valence-electron chi connectivity index (χ2n) is 15.2. The summed E-state index contributed by atoms with van der Waals surface area (Å²) in [5.74, 6) is -1.46. The average molecular weight is 663 g/mol. The number of hydrogen-bond acceptors (Lipinski definition) is 7. The van der Waals surface area contributed by atoms with Gasteiger partial charge in [0.05, 0.1) is 61.7 Å². The van der Waals surface area contributed by atoms with E-state index in [1.54, 1.807) is 0 Å². The molecule has 3 heterocycles. The molecule has 47 heavy (non-hydrogen) atoms. The molecular formula is C40H70O7. The quantitative estimate of drug-likeness (QED) is 0.0430. The van der Waals surface area contributed by atoms with Crippen LogP contribution in [-0.2, 0) is 33.3 Å². The first-order chi connectivity index (χ1) is 23.1. The van der Waals surface area contributed by atoms with E-state index < -0.39 is 11.8 Å². The SMILES string of the molecule is CCCCCCCCCCCC1OC1CCCOC(=O)C1CC2OC2CC1C(=O)OCCCC1OC1CCCCCCCCCCC. The number of rotatable bonds is 30. The molecule has 4 aliphatic rings. The number of hydrogen-bond donors (Lipinski definition) is 0. The Labute approximate surface area is 287 Å². The predicted octanol–water partition coefficient (Wildman–Crippen LogP) is 9.80. The van der Waals surface area contributed by atoms with Gasteiger partial charge in [-0.1, -0.05) is 129 Å². The highest BCUT2D eigenvalue weighted by Gasteiger charge is 2.53. The Balaban J connectivity index is 0.975. The normalized spacial score (nSPS) is 28.9. The van der Waals surface area contributed by atoms with Crippen LogP contribution in [0.4, 0.5) is 0 Å². The maximum Gasteiger partial charge on any atom is 0.309 e. The van der Waals surface area contributed by atoms with Crippen LogP contribution >= 0.6 is 0 Å². The van der Waals surface area contributed by atoms with E-state index in [-0.39, 0.29) is 24.1 Å². The molecule has 1 saturated carbocycles. The molecule has 0 aromatic heterocycles. The summed E-state index contributed by atoms with van der Waals surface area (Å²) in [4.78, 5) is 26.1. The van der Waals surface area contributed by atoms with Crippen LogP contribution in [0.5, 0.6) is 0 Å². The molecule has 0 N–H and O–H groups in total. The lowest BCUT2D eigenvalue weighted by Crippen LogP contribution is -2.38. The summed E-state index contributed by atoms with van der Waals surface area (Å²) in [6, 6.07) is 0. The fraction of sp³-hybridized carbons (Fsp3) is 0.950. The summed E-state index contributed by atoms with van der Waals surface area (Å²) in [7, 11) is 0. The molecule has 7 nitrogen and oxygen atoms in total. The van der Waals surface area contributed by atoms with Gasteiger partial charge in [-0.2, -0.15) is 0 Å². The average Bonchev–Trinajstić information content (AvgIpc) is 3.99. The molecule has 7 heteroatoms. The third kappa shape index (κ3) is 15.5. The summed E-state index contributed by atoms with van der Waals surface area (Å²) in [6.07, 6.45) is 32.8. The van der Waals surface area contributed by atoms with Crippen molar-refractivity contribution in [2.24, 2.45) is 11.8 Å². The Hall–Kier alpha value is -1.18. The van der Waals surface area contributed by atoms with Gasteiger partial charge in [0.15, 0.2) is 0 Å². The highest BCUT2D eigenvalue weighted by atomic mass is 16.6. The van der Waals surface area contributed by atoms with Crippen LogP contribution in [0.2, 0.25) is 0 Å². The topological polar surface area (TPSA) is 90.2 Å². The Morgan fingerprint density at radius 1 is 0.447 bits per heavy atom. The number of carbonyl (C=O) groups excluding carboxylic acids is 2. The van der Waals surface area contributed by atoms with Crippen LogP contribution in [0.1, 0.15) is 181 Å². The number of esters is 2. The molecule has 0 aromatic carbocycles. The lowest BCUT2D eigenvalue weighted by Gasteiger charge is -2.26. The van der Waals surface area contributed by atoms with Crippen molar-refractivity contribution in [3.05, 3.63) is 0 Å². The Kier molecular flexibility index (Phi) is 18.5. The summed E-state index contributed by atoms with van der Waals surface area (Å²) >= 11 is 0. The zero-order chi connectivity index (χ0) is 33.1. The van der Waals surface area contributed by atoms with Gasteiger partial charge < -0.3 is 23.7 Å². The summed E-state index contributed by atoms with van der Waals surface area (Å²) in [5, 5.41) is 0. The second kappa shape index (κ2) is 22.5. The van der Waals surface area contributed by atoms with Crippen molar-refractivity contribution < 1.29 is 33.3 Å². The summed E-state index contributed by atoms with van der Waals surface area (Å²) in [6.45, 7) is 5.31. The lowest BCUT2D eigenvalue weighted by molar-refractivity contribution is -0.162. The van der Waals surface area contributed by atoms with E-state index in [0.29, 0.717) is 50.5 Å². The Morgan fingerprint density at radius 3 is 1.13 bits per heavy atom. The van der Waals surface area contributed by atoms with Gasteiger partial charge >= 0.3 is 11.9 Å². The van der Waals surface area contributed by atoms with Gasteiger partial charge in [-0.3, -0.25) is 9.59 Å². The van der Waals surface area contributed by atoms with Crippen LogP contribution in [0.25, 0.3) is 0 Å². The standard InChI is InChI=1S/C40H70O7/c1-3-5-7-9-11-13-15-17-19-23-33-35(45-33)25-21-27-43-39(41)31-29-37-38(47-37)30-32(31)40(42)44-28-22-26-36-34(46-36)24-20-18-16-14-12-10-8-6-4-2/h31-38H,3-30H2,1-2H3. The first-order valence-corrected chi connectivity index (χ1v) is 20.4. The van der Waals surface area contributed by atoms with Crippen molar-refractivity contribution in [1.29, 1.82) is 0 Å². The minimum Gasteiger partial charge on any atom is -0.465 e. The zero-order valence-electron chi connectivity index (χ0n) is 30.3. The van der Waals surface area contributed by atoms with E-state index in [1.165, 1.54) is 116 Å². The first-order valence-electron chi connectivity index (χ1n) is 20.4. The first kappa shape index (κ1) is 38.6. The molecule has 0 aromatic rings. The number of ether oxygens (including phenoxy) is 5. The van der Waals surface area contributed by atoms with Gasteiger partial charge in [0.1, 0.15) is 0 Å². The van der Waals surface area contributed by atoms with Crippen molar-refractivity contribution in [2.75, 3.05) is 13.2 Å². The van der Waals surface area contributed by atoms with E-state index in [0.717, 1.165) is 38.5 Å². The van der Waals surface area contributed by atoms with Crippen molar-refractivity contribution >= 4 is 11.9 Å². The van der Waals surface area contributed by atoms with Crippen LogP contribution in [0.15, 0.2) is 0 Å². The monoisotopic (exact) mass is 663 g/mol. The summed E-state index contributed by atoms with van der Waals surface area (Å²) in [5.41, 5.74) is 0. The molecule has 8 unspecified atom stereocenters. The number of epoxide rings is 3. The van der Waals surface area contributed by atoms with E-state index in [1.807, 2.05) is 0 Å². The molecule has 3 saturated heterocycles. The number of unbranched alkanes of at least 4 members (excludes halogenated alkanes) is 16. The third-order valence-corrected chi connectivity index (χ3v) is 11.1. The summed E-state index contributed by atoms with van der Waals surface area (Å²) < 4.78 is 28.8. The lowest BCUT2D eigenvalue weighted by atomic mass is 9.79. The van der Waals surface area contributed by atoms with Gasteiger partial charge in [0.25, 0.3) is 0 Å². The smallest absolute Gasteiger partial charge is 0.309 e. The molecule has 0 spiro atoms. The fourth-order valence-electron chi connectivity index (χ4n) is 7.76. The van der Waals surface area contributed by atoms with Crippen LogP contribution < -0.4 is 0 Å². The molecule has 272 valence electrons. The largest absolute Gasteiger partial charge is 0.465 e. The van der Waals surface area contributed by atoms with Crippen LogP contribution in [0, 0.1) is 11.8 Å². The van der Waals surface area contributed by atoms with Crippen LogP contribution in [-0.4, -0.2) is 61.8 Å². The van der Waals surface area contributed by atoms with E-state index in [4.69, 9.17) is 23.7 Å². The van der Waals surface area contributed by atoms with Gasteiger partial charge in [-0.15, -0.1) is 0 Å². The van der Waals surface area contributed by atoms with Crippen LogP contribution in [0.3, 0.4) is 0 Å². The number of carbonyl (C=O) groups is 2. The Morgan fingerprint density at radius 2 is 0.766 bits per heavy atom. The molecule has 3 aliphatic heterocycles. The maximum absolute atomic E-state index is 13.0. The molecule has 0 amide bonds. The predicted molar refractivity (Wildman–Crippen MR) is 186 cm³/mol. The van der Waals surface area contributed by atoms with E-state index >= 15 is 0 Å². The highest BCUT2D eigenvalue weighted by Crippen LogP contribution is 2.44. The highest BCUT2D eigenvalue weighted by molar-refractivity contribution is 5.82. The molecule has 8 atom stereocenters. The van der Waals surface area contributed by atoms with Gasteiger partial charge in [0.2, 0.25) is 0 Å². The molecule has 1 aliphatic carbocycles. The molecule has 0 bridgehead atoms. The molecule has 0 radical (unpaired) electrons. The molecule has 4 rings (SSSR count). The van der Waals surface area contributed by atoms with Gasteiger partial charge in [0, 0.05) is 0 Å². The van der Waals surface area contributed by atoms with Gasteiger partial charge in [-0.25, -0.2) is 0 Å². The second-order valence-corrected chi connectivity index (χ2v) is 15.2. The number of fused-ring (bicyclic) bond motifs is 1. The van der Waals surface area contributed by atoms with E-state index in [2.05, 4.69) is 13.8 Å². The van der Waals surface area contributed by atoms with Crippen molar-refractivity contribution in [3.63, 3.8) is 0 Å². The minimum atomic E-state index is -0.463.